The lowest BCUT2D eigenvalue weighted by Crippen LogP contribution is -2.11. The van der Waals surface area contributed by atoms with Crippen molar-refractivity contribution in [2.45, 2.75) is 32.7 Å². The van der Waals surface area contributed by atoms with E-state index in [0.717, 1.165) is 12.3 Å². The van der Waals surface area contributed by atoms with Crippen molar-refractivity contribution < 1.29 is 0 Å². The van der Waals surface area contributed by atoms with Crippen molar-refractivity contribution in [3.05, 3.63) is 36.0 Å². The Morgan fingerprint density at radius 3 is 2.65 bits per heavy atom. The summed E-state index contributed by atoms with van der Waals surface area (Å²) in [7, 11) is 0. The van der Waals surface area contributed by atoms with E-state index in [1.807, 2.05) is 6.20 Å². The van der Waals surface area contributed by atoms with Crippen LogP contribution in [0.15, 0.2) is 30.5 Å². The summed E-state index contributed by atoms with van der Waals surface area (Å²) >= 11 is 0. The number of nitrogens with two attached hydrogens (primary N) is 1. The molecule has 1 aromatic heterocycles. The molecule has 94 valence electrons. The van der Waals surface area contributed by atoms with Crippen molar-refractivity contribution in [1.29, 1.82) is 0 Å². The normalized spacial score (nSPS) is 12.7. The molecule has 0 spiro atoms. The van der Waals surface area contributed by atoms with Crippen LogP contribution in [0, 0.1) is 5.92 Å². The van der Waals surface area contributed by atoms with Crippen LogP contribution in [0.2, 0.25) is 0 Å². The van der Waals surface area contributed by atoms with E-state index in [1.165, 1.54) is 22.9 Å². The van der Waals surface area contributed by atoms with Gasteiger partial charge in [-0.25, -0.2) is 0 Å². The van der Waals surface area contributed by atoms with Crippen LogP contribution >= 0.6 is 12.4 Å². The van der Waals surface area contributed by atoms with Crippen molar-refractivity contribution >= 4 is 23.3 Å². The van der Waals surface area contributed by atoms with Crippen LogP contribution in [-0.4, -0.2) is 4.98 Å². The van der Waals surface area contributed by atoms with Crippen LogP contribution < -0.4 is 5.73 Å². The third-order valence-electron chi connectivity index (χ3n) is 3.06. The van der Waals surface area contributed by atoms with Gasteiger partial charge >= 0.3 is 0 Å². The largest absolute Gasteiger partial charge is 0.361 e. The molecule has 0 aliphatic rings. The van der Waals surface area contributed by atoms with Crippen LogP contribution in [0.3, 0.4) is 0 Å². The fourth-order valence-corrected chi connectivity index (χ4v) is 1.98. The molecule has 0 fully saturated rings. The predicted molar refractivity (Wildman–Crippen MR) is 76.5 cm³/mol. The van der Waals surface area contributed by atoms with E-state index < -0.39 is 0 Å². The maximum Gasteiger partial charge on any atom is 0.0454 e. The van der Waals surface area contributed by atoms with Crippen molar-refractivity contribution in [2.75, 3.05) is 0 Å². The summed E-state index contributed by atoms with van der Waals surface area (Å²) < 4.78 is 0. The van der Waals surface area contributed by atoms with Gasteiger partial charge in [0.15, 0.2) is 0 Å². The summed E-state index contributed by atoms with van der Waals surface area (Å²) in [5.74, 6) is 0.724. The molecule has 0 saturated carbocycles. The molecule has 0 amide bonds. The molecule has 0 aliphatic heterocycles. The number of hydrogen-bond donors (Lipinski definition) is 2. The summed E-state index contributed by atoms with van der Waals surface area (Å²) in [5, 5.41) is 1.25. The summed E-state index contributed by atoms with van der Waals surface area (Å²) in [6, 6.07) is 8.69. The van der Waals surface area contributed by atoms with Crippen molar-refractivity contribution in [3.8, 4) is 0 Å². The van der Waals surface area contributed by atoms with Gasteiger partial charge in [-0.3, -0.25) is 0 Å². The highest BCUT2D eigenvalue weighted by Crippen LogP contribution is 2.22. The monoisotopic (exact) mass is 252 g/mol. The van der Waals surface area contributed by atoms with E-state index in [1.54, 1.807) is 0 Å². The average Bonchev–Trinajstić information content (AvgIpc) is 2.72. The second-order valence-electron chi connectivity index (χ2n) is 4.90. The lowest BCUT2D eigenvalue weighted by Gasteiger charge is -2.13. The second-order valence-corrected chi connectivity index (χ2v) is 4.90. The lowest BCUT2D eigenvalue weighted by molar-refractivity contribution is 0.507. The van der Waals surface area contributed by atoms with Crippen molar-refractivity contribution in [3.63, 3.8) is 0 Å². The Bertz CT molecular complexity index is 462. The first-order valence-electron chi connectivity index (χ1n) is 5.99. The van der Waals surface area contributed by atoms with Crippen molar-refractivity contribution in [2.24, 2.45) is 11.7 Å². The molecule has 3 heteroatoms. The highest BCUT2D eigenvalue weighted by molar-refractivity contribution is 5.85. The zero-order valence-electron chi connectivity index (χ0n) is 10.4. The van der Waals surface area contributed by atoms with Crippen LogP contribution in [-0.2, 0) is 0 Å². The Morgan fingerprint density at radius 1 is 1.18 bits per heavy atom. The van der Waals surface area contributed by atoms with E-state index in [2.05, 4.69) is 43.1 Å². The quantitative estimate of drug-likeness (QED) is 0.848. The predicted octanol–water partition coefficient (Wildman–Crippen LogP) is 4.03. The topological polar surface area (TPSA) is 41.8 Å². The van der Waals surface area contributed by atoms with Gasteiger partial charge in [-0.05, 0) is 47.9 Å². The number of aromatic nitrogens is 1. The van der Waals surface area contributed by atoms with Crippen LogP contribution in [0.5, 0.6) is 0 Å². The van der Waals surface area contributed by atoms with Gasteiger partial charge in [0.25, 0.3) is 0 Å². The number of benzene rings is 1. The molecule has 1 atom stereocenters. The molecular weight excluding hydrogens is 232 g/mol. The SMILES string of the molecule is CC(C)CC[C@@H](N)c1ccc2[nH]ccc2c1.Cl. The standard InChI is InChI=1S/C14H20N2.ClH/c1-10(2)3-5-13(15)11-4-6-14-12(9-11)7-8-16-14;/h4,6-10,13,16H,3,5,15H2,1-2H3;1H/t13-;/m1./s1. The van der Waals surface area contributed by atoms with Gasteiger partial charge in [-0.2, -0.15) is 0 Å². The number of hydrogen-bond acceptors (Lipinski definition) is 1. The minimum Gasteiger partial charge on any atom is -0.361 e. The van der Waals surface area contributed by atoms with Crippen LogP contribution in [0.25, 0.3) is 10.9 Å². The molecule has 1 heterocycles. The minimum atomic E-state index is 0. The molecular formula is C14H21ClN2. The molecule has 3 N–H and O–H groups in total. The smallest absolute Gasteiger partial charge is 0.0454 e. The third-order valence-corrected chi connectivity index (χ3v) is 3.06. The highest BCUT2D eigenvalue weighted by Gasteiger charge is 2.07. The van der Waals surface area contributed by atoms with E-state index in [4.69, 9.17) is 5.73 Å². The summed E-state index contributed by atoms with van der Waals surface area (Å²) in [6.07, 6.45) is 4.22. The fraction of sp³-hybridized carbons (Fsp3) is 0.429. The van der Waals surface area contributed by atoms with Crippen molar-refractivity contribution in [1.82, 2.24) is 4.98 Å². The van der Waals surface area contributed by atoms with Gasteiger partial charge in [0.2, 0.25) is 0 Å². The maximum absolute atomic E-state index is 6.19. The van der Waals surface area contributed by atoms with Gasteiger partial charge in [0.1, 0.15) is 0 Å². The zero-order valence-corrected chi connectivity index (χ0v) is 11.3. The summed E-state index contributed by atoms with van der Waals surface area (Å²) in [5.41, 5.74) is 8.62. The number of rotatable bonds is 4. The number of fused-ring (bicyclic) bond motifs is 1. The van der Waals surface area contributed by atoms with E-state index >= 15 is 0 Å². The molecule has 0 radical (unpaired) electrons. The van der Waals surface area contributed by atoms with Crippen LogP contribution in [0.1, 0.15) is 38.3 Å². The highest BCUT2D eigenvalue weighted by atomic mass is 35.5. The lowest BCUT2D eigenvalue weighted by atomic mass is 9.97. The molecule has 0 aliphatic carbocycles. The Kier molecular flexibility index (Phi) is 5.03. The molecule has 0 bridgehead atoms. The fourth-order valence-electron chi connectivity index (χ4n) is 1.98. The Hall–Kier alpha value is -0.990. The number of halogens is 1. The zero-order chi connectivity index (χ0) is 11.5. The first-order chi connectivity index (χ1) is 7.66. The van der Waals surface area contributed by atoms with E-state index in [9.17, 15) is 0 Å². The molecule has 17 heavy (non-hydrogen) atoms. The van der Waals surface area contributed by atoms with E-state index in [-0.39, 0.29) is 18.4 Å². The molecule has 2 nitrogen and oxygen atoms in total. The summed E-state index contributed by atoms with van der Waals surface area (Å²) in [6.45, 7) is 4.48. The molecule has 1 aromatic carbocycles. The number of H-pyrrole nitrogens is 1. The third kappa shape index (κ3) is 3.48. The van der Waals surface area contributed by atoms with Gasteiger partial charge in [-0.1, -0.05) is 19.9 Å². The van der Waals surface area contributed by atoms with Gasteiger partial charge in [0, 0.05) is 17.8 Å². The first-order valence-corrected chi connectivity index (χ1v) is 5.99. The maximum atomic E-state index is 6.19. The van der Waals surface area contributed by atoms with Crippen LogP contribution in [0.4, 0.5) is 0 Å². The molecule has 0 saturated heterocycles. The number of aromatic amines is 1. The molecule has 2 aromatic rings. The van der Waals surface area contributed by atoms with E-state index in [0.29, 0.717) is 0 Å². The number of nitrogens with one attached hydrogen (secondary N) is 1. The van der Waals surface area contributed by atoms with Gasteiger partial charge < -0.3 is 10.7 Å². The molecule has 0 unspecified atom stereocenters. The average molecular weight is 253 g/mol. The second kappa shape index (κ2) is 6.08. The Morgan fingerprint density at radius 2 is 1.94 bits per heavy atom. The Labute approximate surface area is 109 Å². The Balaban J connectivity index is 0.00000144. The van der Waals surface area contributed by atoms with Gasteiger partial charge in [-0.15, -0.1) is 12.4 Å². The summed E-state index contributed by atoms with van der Waals surface area (Å²) in [4.78, 5) is 3.20. The minimum absolute atomic E-state index is 0. The first kappa shape index (κ1) is 14.1. The molecule has 2 rings (SSSR count). The van der Waals surface area contributed by atoms with Gasteiger partial charge in [0.05, 0.1) is 0 Å².